The third kappa shape index (κ3) is 1.83. The van der Waals surface area contributed by atoms with Crippen molar-refractivity contribution in [3.05, 3.63) is 18.0 Å². The minimum atomic E-state index is -0.621. The number of H-pyrrole nitrogens is 1. The van der Waals surface area contributed by atoms with Crippen molar-refractivity contribution in [2.75, 3.05) is 13.7 Å². The number of esters is 1. The number of nitrogens with one attached hydrogen (secondary N) is 1. The molecule has 2 heterocycles. The van der Waals surface area contributed by atoms with Crippen molar-refractivity contribution in [2.24, 2.45) is 0 Å². The lowest BCUT2D eigenvalue weighted by atomic mass is 9.68. The van der Waals surface area contributed by atoms with Gasteiger partial charge >= 0.3 is 5.97 Å². The fourth-order valence-electron chi connectivity index (χ4n) is 2.55. The summed E-state index contributed by atoms with van der Waals surface area (Å²) in [5, 5.41) is 0. The summed E-state index contributed by atoms with van der Waals surface area (Å²) in [5.41, 5.74) is 0.746. The third-order valence-corrected chi connectivity index (χ3v) is 3.86. The van der Waals surface area contributed by atoms with E-state index < -0.39 is 5.41 Å². The van der Waals surface area contributed by atoms with Crippen molar-refractivity contribution in [3.8, 4) is 5.88 Å². The van der Waals surface area contributed by atoms with E-state index in [0.29, 0.717) is 24.0 Å². The number of hydrogen-bond donors (Lipinski definition) is 1. The molecule has 0 saturated heterocycles. The van der Waals surface area contributed by atoms with Gasteiger partial charge in [-0.2, -0.15) is 4.98 Å². The Bertz CT molecular complexity index is 646. The van der Waals surface area contributed by atoms with Crippen molar-refractivity contribution in [3.63, 3.8) is 0 Å². The average molecular weight is 275 g/mol. The second-order valence-corrected chi connectivity index (χ2v) is 4.97. The number of aromatic nitrogens is 3. The SMILES string of the molecule is CCOC(=O)C1(c2nc3nc(OC)ccc3[nH]2)CCC1. The number of rotatable bonds is 4. The van der Waals surface area contributed by atoms with Gasteiger partial charge < -0.3 is 14.5 Å². The molecule has 0 atom stereocenters. The highest BCUT2D eigenvalue weighted by molar-refractivity contribution is 5.84. The van der Waals surface area contributed by atoms with Gasteiger partial charge in [0.15, 0.2) is 5.65 Å². The van der Waals surface area contributed by atoms with Crippen LogP contribution in [0.5, 0.6) is 5.88 Å². The van der Waals surface area contributed by atoms with Crippen LogP contribution in [0.25, 0.3) is 11.2 Å². The Labute approximate surface area is 116 Å². The van der Waals surface area contributed by atoms with E-state index in [0.717, 1.165) is 24.8 Å². The molecule has 6 nitrogen and oxygen atoms in total. The Balaban J connectivity index is 2.02. The molecule has 2 aromatic heterocycles. The number of methoxy groups -OCH3 is 1. The van der Waals surface area contributed by atoms with Gasteiger partial charge in [-0.15, -0.1) is 0 Å². The molecule has 1 aliphatic carbocycles. The van der Waals surface area contributed by atoms with Crippen LogP contribution in [-0.2, 0) is 14.9 Å². The summed E-state index contributed by atoms with van der Waals surface area (Å²) in [6.45, 7) is 2.20. The van der Waals surface area contributed by atoms with Crippen LogP contribution in [0.4, 0.5) is 0 Å². The number of carbonyl (C=O) groups excluding carboxylic acids is 1. The number of hydrogen-bond acceptors (Lipinski definition) is 5. The number of pyridine rings is 1. The average Bonchev–Trinajstić information content (AvgIpc) is 2.80. The Morgan fingerprint density at radius 2 is 2.20 bits per heavy atom. The lowest BCUT2D eigenvalue weighted by Gasteiger charge is -2.37. The van der Waals surface area contributed by atoms with Gasteiger partial charge in [0.2, 0.25) is 5.88 Å². The van der Waals surface area contributed by atoms with Crippen LogP contribution in [0.3, 0.4) is 0 Å². The van der Waals surface area contributed by atoms with Crippen molar-refractivity contribution in [1.29, 1.82) is 0 Å². The van der Waals surface area contributed by atoms with Crippen LogP contribution in [0, 0.1) is 0 Å². The third-order valence-electron chi connectivity index (χ3n) is 3.86. The molecule has 0 spiro atoms. The molecule has 0 unspecified atom stereocenters. The van der Waals surface area contributed by atoms with E-state index in [1.165, 1.54) is 0 Å². The monoisotopic (exact) mass is 275 g/mol. The second-order valence-electron chi connectivity index (χ2n) is 4.97. The number of carbonyl (C=O) groups is 1. The van der Waals surface area contributed by atoms with Crippen LogP contribution in [-0.4, -0.2) is 34.6 Å². The molecule has 0 amide bonds. The van der Waals surface area contributed by atoms with E-state index in [-0.39, 0.29) is 5.97 Å². The Morgan fingerprint density at radius 1 is 1.40 bits per heavy atom. The fourth-order valence-corrected chi connectivity index (χ4v) is 2.55. The number of ether oxygens (including phenoxy) is 2. The first-order valence-electron chi connectivity index (χ1n) is 6.78. The summed E-state index contributed by atoms with van der Waals surface area (Å²) in [4.78, 5) is 24.2. The minimum Gasteiger partial charge on any atom is -0.481 e. The van der Waals surface area contributed by atoms with Crippen LogP contribution in [0.15, 0.2) is 12.1 Å². The van der Waals surface area contributed by atoms with Gasteiger partial charge in [0, 0.05) is 6.07 Å². The van der Waals surface area contributed by atoms with E-state index >= 15 is 0 Å². The molecular weight excluding hydrogens is 258 g/mol. The number of fused-ring (bicyclic) bond motifs is 1. The maximum absolute atomic E-state index is 12.2. The highest BCUT2D eigenvalue weighted by Crippen LogP contribution is 2.44. The zero-order valence-electron chi connectivity index (χ0n) is 11.6. The van der Waals surface area contributed by atoms with E-state index in [4.69, 9.17) is 9.47 Å². The fraction of sp³-hybridized carbons (Fsp3) is 0.500. The molecule has 1 fully saturated rings. The zero-order chi connectivity index (χ0) is 14.2. The van der Waals surface area contributed by atoms with Gasteiger partial charge in [-0.3, -0.25) is 4.79 Å². The first kappa shape index (κ1) is 12.9. The van der Waals surface area contributed by atoms with Crippen LogP contribution < -0.4 is 4.74 Å². The standard InChI is InChI=1S/C14H17N3O3/c1-3-20-13(18)14(7-4-8-14)12-15-9-5-6-10(19-2)16-11(9)17-12/h5-6H,3-4,7-8H2,1-2H3,(H,15,16,17). The van der Waals surface area contributed by atoms with Crippen LogP contribution in [0.2, 0.25) is 0 Å². The van der Waals surface area contributed by atoms with Crippen molar-refractivity contribution in [2.45, 2.75) is 31.6 Å². The van der Waals surface area contributed by atoms with E-state index in [1.807, 2.05) is 13.0 Å². The Morgan fingerprint density at radius 3 is 2.80 bits per heavy atom. The number of imidazole rings is 1. The van der Waals surface area contributed by atoms with Crippen molar-refractivity contribution < 1.29 is 14.3 Å². The van der Waals surface area contributed by atoms with E-state index in [9.17, 15) is 4.79 Å². The van der Waals surface area contributed by atoms with Crippen LogP contribution in [0.1, 0.15) is 32.0 Å². The topological polar surface area (TPSA) is 77.1 Å². The summed E-state index contributed by atoms with van der Waals surface area (Å²) in [6.07, 6.45) is 2.54. The molecule has 0 bridgehead atoms. The molecule has 6 heteroatoms. The predicted molar refractivity (Wildman–Crippen MR) is 72.6 cm³/mol. The van der Waals surface area contributed by atoms with Gasteiger partial charge in [0.1, 0.15) is 11.2 Å². The highest BCUT2D eigenvalue weighted by atomic mass is 16.5. The molecule has 0 aromatic carbocycles. The smallest absolute Gasteiger partial charge is 0.319 e. The molecule has 106 valence electrons. The largest absolute Gasteiger partial charge is 0.481 e. The molecule has 1 aliphatic rings. The zero-order valence-corrected chi connectivity index (χ0v) is 11.6. The molecule has 20 heavy (non-hydrogen) atoms. The minimum absolute atomic E-state index is 0.197. The molecule has 1 N–H and O–H groups in total. The summed E-state index contributed by atoms with van der Waals surface area (Å²) in [6, 6.07) is 3.62. The van der Waals surface area contributed by atoms with Gasteiger partial charge in [0.05, 0.1) is 19.2 Å². The van der Waals surface area contributed by atoms with Gasteiger partial charge in [-0.25, -0.2) is 4.98 Å². The molecule has 3 rings (SSSR count). The highest BCUT2D eigenvalue weighted by Gasteiger charge is 2.49. The first-order valence-corrected chi connectivity index (χ1v) is 6.78. The van der Waals surface area contributed by atoms with Gasteiger partial charge in [-0.1, -0.05) is 6.42 Å². The number of aromatic amines is 1. The summed E-state index contributed by atoms with van der Waals surface area (Å²) >= 11 is 0. The van der Waals surface area contributed by atoms with Crippen molar-refractivity contribution >= 4 is 17.1 Å². The maximum Gasteiger partial charge on any atom is 0.319 e. The predicted octanol–water partition coefficient (Wildman–Crippen LogP) is 1.95. The summed E-state index contributed by atoms with van der Waals surface area (Å²) < 4.78 is 10.3. The molecular formula is C14H17N3O3. The molecule has 0 aliphatic heterocycles. The normalized spacial score (nSPS) is 16.7. The molecule has 1 saturated carbocycles. The quantitative estimate of drug-likeness (QED) is 0.863. The van der Waals surface area contributed by atoms with Crippen molar-refractivity contribution in [1.82, 2.24) is 15.0 Å². The lowest BCUT2D eigenvalue weighted by molar-refractivity contribution is -0.154. The number of nitrogens with zero attached hydrogens (tertiary/aromatic N) is 2. The van der Waals surface area contributed by atoms with Crippen LogP contribution >= 0.6 is 0 Å². The Kier molecular flexibility index (Phi) is 3.08. The lowest BCUT2D eigenvalue weighted by Crippen LogP contribution is -2.44. The summed E-state index contributed by atoms with van der Waals surface area (Å²) in [7, 11) is 1.56. The van der Waals surface area contributed by atoms with E-state index in [2.05, 4.69) is 15.0 Å². The first-order chi connectivity index (χ1) is 9.69. The van der Waals surface area contributed by atoms with Gasteiger partial charge in [-0.05, 0) is 25.8 Å². The summed E-state index contributed by atoms with van der Waals surface area (Å²) in [5.74, 6) is 0.963. The Hall–Kier alpha value is -2.11. The van der Waals surface area contributed by atoms with E-state index in [1.54, 1.807) is 13.2 Å². The molecule has 2 aromatic rings. The second kappa shape index (κ2) is 4.77. The maximum atomic E-state index is 12.2. The van der Waals surface area contributed by atoms with Gasteiger partial charge in [0.25, 0.3) is 0 Å². The molecule has 0 radical (unpaired) electrons.